The summed E-state index contributed by atoms with van der Waals surface area (Å²) in [5.41, 5.74) is 1.84. The minimum atomic E-state index is -3.97. The van der Waals surface area contributed by atoms with E-state index in [-0.39, 0.29) is 48.2 Å². The van der Waals surface area contributed by atoms with Crippen molar-refractivity contribution in [1.29, 1.82) is 0 Å². The monoisotopic (exact) mass is 595 g/mol. The van der Waals surface area contributed by atoms with Crippen LogP contribution in [0.1, 0.15) is 54.1 Å². The van der Waals surface area contributed by atoms with Gasteiger partial charge in [0.05, 0.1) is 5.56 Å². The number of halogens is 1. The van der Waals surface area contributed by atoms with E-state index < -0.39 is 22.0 Å². The van der Waals surface area contributed by atoms with Crippen molar-refractivity contribution < 1.29 is 22.8 Å². The molecule has 1 aliphatic rings. The Morgan fingerprint density at radius 3 is 2.29 bits per heavy atom. The number of hydrogen-bond acceptors (Lipinski definition) is 5. The lowest BCUT2D eigenvalue weighted by Crippen LogP contribution is -2.50. The van der Waals surface area contributed by atoms with Gasteiger partial charge in [-0.15, -0.1) is 0 Å². The molecule has 10 heteroatoms. The molecule has 216 valence electrons. The lowest BCUT2D eigenvalue weighted by molar-refractivity contribution is -0.141. The molecule has 0 saturated carbocycles. The Bertz CT molecular complexity index is 1480. The maximum atomic E-state index is 13.8. The molecule has 4 rings (SSSR count). The summed E-state index contributed by atoms with van der Waals surface area (Å²) in [6.07, 6.45) is 2.11. The van der Waals surface area contributed by atoms with E-state index >= 15 is 0 Å². The zero-order valence-corrected chi connectivity index (χ0v) is 24.5. The van der Waals surface area contributed by atoms with E-state index in [1.54, 1.807) is 29.2 Å². The van der Waals surface area contributed by atoms with Gasteiger partial charge in [0.25, 0.3) is 15.9 Å². The van der Waals surface area contributed by atoms with Crippen LogP contribution in [0.2, 0.25) is 5.02 Å². The molecule has 3 aromatic carbocycles. The predicted octanol–water partition coefficient (Wildman–Crippen LogP) is 4.82. The van der Waals surface area contributed by atoms with E-state index in [1.165, 1.54) is 12.1 Å². The van der Waals surface area contributed by atoms with Gasteiger partial charge in [0.1, 0.15) is 10.9 Å². The third-order valence-electron chi connectivity index (χ3n) is 7.03. The van der Waals surface area contributed by atoms with Crippen molar-refractivity contribution in [3.05, 3.63) is 101 Å². The van der Waals surface area contributed by atoms with Crippen molar-refractivity contribution in [1.82, 2.24) is 14.5 Å². The van der Waals surface area contributed by atoms with Gasteiger partial charge in [-0.05, 0) is 48.2 Å². The maximum absolute atomic E-state index is 13.8. The first-order valence-electron chi connectivity index (χ1n) is 13.7. The van der Waals surface area contributed by atoms with Crippen molar-refractivity contribution in [3.8, 4) is 0 Å². The smallest absolute Gasteiger partial charge is 0.269 e. The fourth-order valence-electron chi connectivity index (χ4n) is 4.82. The van der Waals surface area contributed by atoms with Crippen molar-refractivity contribution in [2.75, 3.05) is 13.1 Å². The van der Waals surface area contributed by atoms with Crippen LogP contribution in [-0.2, 0) is 32.6 Å². The van der Waals surface area contributed by atoms with Gasteiger partial charge in [0, 0.05) is 37.5 Å². The van der Waals surface area contributed by atoms with Gasteiger partial charge < -0.3 is 10.2 Å². The quantitative estimate of drug-likeness (QED) is 0.285. The number of benzene rings is 3. The summed E-state index contributed by atoms with van der Waals surface area (Å²) in [7, 11) is -3.97. The number of fused-ring (bicyclic) bond motifs is 1. The Hall–Kier alpha value is -3.69. The highest BCUT2D eigenvalue weighted by atomic mass is 35.5. The minimum Gasteiger partial charge on any atom is -0.354 e. The molecule has 1 atom stereocenters. The summed E-state index contributed by atoms with van der Waals surface area (Å²) in [6.45, 7) is 2.57. The SMILES string of the molecule is CCCCNC(=O)C(Cc1ccccc1)N(Cc1ccc(Cl)cc1)C(=O)CCCN1C(=O)c2ccccc2S1(=O)=O. The second-order valence-electron chi connectivity index (χ2n) is 9.98. The van der Waals surface area contributed by atoms with Crippen LogP contribution in [0.4, 0.5) is 0 Å². The summed E-state index contributed by atoms with van der Waals surface area (Å²) in [6, 6.07) is 21.9. The molecule has 0 aliphatic carbocycles. The number of carbonyl (C=O) groups excluding carboxylic acids is 3. The number of unbranched alkanes of at least 4 members (excludes halogenated alkanes) is 1. The predicted molar refractivity (Wildman–Crippen MR) is 158 cm³/mol. The average Bonchev–Trinajstić information content (AvgIpc) is 3.17. The van der Waals surface area contributed by atoms with Crippen LogP contribution in [0.3, 0.4) is 0 Å². The molecular weight excluding hydrogens is 562 g/mol. The number of amides is 3. The fraction of sp³-hybridized carbons (Fsp3) is 0.323. The van der Waals surface area contributed by atoms with Crippen LogP contribution < -0.4 is 5.32 Å². The zero-order chi connectivity index (χ0) is 29.4. The second-order valence-corrected chi connectivity index (χ2v) is 12.2. The first-order valence-corrected chi connectivity index (χ1v) is 15.6. The molecule has 1 unspecified atom stereocenters. The molecule has 1 aliphatic heterocycles. The van der Waals surface area contributed by atoms with Gasteiger partial charge in [-0.3, -0.25) is 14.4 Å². The van der Waals surface area contributed by atoms with Crippen molar-refractivity contribution >= 4 is 39.3 Å². The number of hydrogen-bond donors (Lipinski definition) is 1. The van der Waals surface area contributed by atoms with Crippen molar-refractivity contribution in [2.45, 2.75) is 56.5 Å². The zero-order valence-electron chi connectivity index (χ0n) is 23.0. The molecule has 0 saturated heterocycles. The molecule has 0 radical (unpaired) electrons. The van der Waals surface area contributed by atoms with Crippen LogP contribution in [0.15, 0.2) is 83.8 Å². The Morgan fingerprint density at radius 2 is 1.61 bits per heavy atom. The van der Waals surface area contributed by atoms with Gasteiger partial charge in [-0.25, -0.2) is 12.7 Å². The molecule has 41 heavy (non-hydrogen) atoms. The van der Waals surface area contributed by atoms with Crippen LogP contribution >= 0.6 is 11.6 Å². The van der Waals surface area contributed by atoms with E-state index in [1.807, 2.05) is 49.4 Å². The fourth-order valence-corrected chi connectivity index (χ4v) is 6.55. The van der Waals surface area contributed by atoms with Crippen LogP contribution in [0.25, 0.3) is 0 Å². The van der Waals surface area contributed by atoms with Crippen molar-refractivity contribution in [3.63, 3.8) is 0 Å². The van der Waals surface area contributed by atoms with E-state index in [0.29, 0.717) is 18.0 Å². The summed E-state index contributed by atoms with van der Waals surface area (Å²) >= 11 is 6.08. The minimum absolute atomic E-state index is 0.0210. The Labute approximate surface area is 246 Å². The second kappa shape index (κ2) is 13.8. The number of nitrogens with zero attached hydrogens (tertiary/aromatic N) is 2. The molecule has 1 N–H and O–H groups in total. The lowest BCUT2D eigenvalue weighted by atomic mass is 10.0. The highest BCUT2D eigenvalue weighted by Gasteiger charge is 2.40. The maximum Gasteiger partial charge on any atom is 0.269 e. The van der Waals surface area contributed by atoms with Gasteiger partial charge >= 0.3 is 0 Å². The number of carbonyl (C=O) groups is 3. The molecular formula is C31H34ClN3O5S. The summed E-state index contributed by atoms with van der Waals surface area (Å²) in [5.74, 6) is -1.16. The third-order valence-corrected chi connectivity index (χ3v) is 9.12. The number of sulfonamides is 1. The number of rotatable bonds is 13. The first-order chi connectivity index (χ1) is 19.7. The Kier molecular flexibility index (Phi) is 10.2. The van der Waals surface area contributed by atoms with Crippen LogP contribution in [0.5, 0.6) is 0 Å². The van der Waals surface area contributed by atoms with E-state index in [4.69, 9.17) is 11.6 Å². The highest BCUT2D eigenvalue weighted by molar-refractivity contribution is 7.90. The Balaban J connectivity index is 1.55. The summed E-state index contributed by atoms with van der Waals surface area (Å²) < 4.78 is 26.7. The molecule has 3 aromatic rings. The highest BCUT2D eigenvalue weighted by Crippen LogP contribution is 2.30. The molecule has 3 amide bonds. The molecule has 1 heterocycles. The molecule has 8 nitrogen and oxygen atoms in total. The van der Waals surface area contributed by atoms with E-state index in [9.17, 15) is 22.8 Å². The topological polar surface area (TPSA) is 104 Å². The lowest BCUT2D eigenvalue weighted by Gasteiger charge is -2.32. The Morgan fingerprint density at radius 1 is 0.927 bits per heavy atom. The number of nitrogens with one attached hydrogen (secondary N) is 1. The van der Waals surface area contributed by atoms with Gasteiger partial charge in [0.2, 0.25) is 11.8 Å². The normalized spacial score (nSPS) is 14.4. The summed E-state index contributed by atoms with van der Waals surface area (Å²) in [4.78, 5) is 41.6. The van der Waals surface area contributed by atoms with Gasteiger partial charge in [-0.2, -0.15) is 0 Å². The first kappa shape index (κ1) is 30.3. The largest absolute Gasteiger partial charge is 0.354 e. The van der Waals surface area contributed by atoms with Gasteiger partial charge in [0.15, 0.2) is 0 Å². The molecule has 0 fully saturated rings. The van der Waals surface area contributed by atoms with E-state index in [2.05, 4.69) is 5.32 Å². The van der Waals surface area contributed by atoms with Crippen LogP contribution in [0, 0.1) is 0 Å². The summed E-state index contributed by atoms with van der Waals surface area (Å²) in [5, 5.41) is 3.53. The standard InChI is InChI=1S/C31H34ClN3O5S/c1-2-3-19-33-30(37)27(21-23-10-5-4-6-11-23)34(22-24-15-17-25(32)18-16-24)29(36)14-9-20-35-31(38)26-12-7-8-13-28(26)41(35,39)40/h4-8,10-13,15-18,27H,2-3,9,14,19-22H2,1H3,(H,33,37). The van der Waals surface area contributed by atoms with Crippen LogP contribution in [-0.4, -0.2) is 54.5 Å². The molecule has 0 spiro atoms. The average molecular weight is 596 g/mol. The molecule has 0 aromatic heterocycles. The molecule has 0 bridgehead atoms. The van der Waals surface area contributed by atoms with E-state index in [0.717, 1.165) is 28.3 Å². The third kappa shape index (κ3) is 7.34. The van der Waals surface area contributed by atoms with Gasteiger partial charge in [-0.1, -0.05) is 79.5 Å². The van der Waals surface area contributed by atoms with Crippen molar-refractivity contribution in [2.24, 2.45) is 0 Å².